The molecule has 0 radical (unpaired) electrons. The lowest BCUT2D eigenvalue weighted by atomic mass is 9.98. The second-order valence-electron chi connectivity index (χ2n) is 4.66. The topological polar surface area (TPSA) is 55.1 Å². The summed E-state index contributed by atoms with van der Waals surface area (Å²) in [7, 11) is 0. The van der Waals surface area contributed by atoms with Crippen LogP contribution in [0.2, 0.25) is 0 Å². The van der Waals surface area contributed by atoms with Gasteiger partial charge in [0.25, 0.3) is 0 Å². The molecule has 0 heterocycles. The zero-order chi connectivity index (χ0) is 14.2. The van der Waals surface area contributed by atoms with Crippen LogP contribution in [0.25, 0.3) is 0 Å². The zero-order valence-electron chi connectivity index (χ0n) is 9.90. The number of halogens is 4. The molecule has 1 aromatic rings. The van der Waals surface area contributed by atoms with Crippen molar-refractivity contribution in [3.63, 3.8) is 0 Å². The molecule has 7 heteroatoms. The molecule has 19 heavy (non-hydrogen) atoms. The Morgan fingerprint density at radius 3 is 2.05 bits per heavy atom. The highest BCUT2D eigenvalue weighted by Crippen LogP contribution is 2.30. The van der Waals surface area contributed by atoms with Crippen LogP contribution >= 0.6 is 0 Å². The van der Waals surface area contributed by atoms with Crippen LogP contribution in [0.15, 0.2) is 6.07 Å². The van der Waals surface area contributed by atoms with Gasteiger partial charge in [0.1, 0.15) is 5.69 Å². The standard InChI is InChI=1S/C12H12F4N2O/c13-6-5-7(14)9(16)10(8(6)15)18-11(19)12(17)3-1-2-4-12/h5H,1-4,17H2,(H,18,19). The van der Waals surface area contributed by atoms with Crippen LogP contribution in [0.4, 0.5) is 23.2 Å². The molecule has 0 saturated heterocycles. The summed E-state index contributed by atoms with van der Waals surface area (Å²) in [5.41, 5.74) is 3.39. The number of hydrogen-bond acceptors (Lipinski definition) is 2. The first-order valence-corrected chi connectivity index (χ1v) is 5.78. The molecule has 0 atom stereocenters. The first kappa shape index (κ1) is 13.8. The van der Waals surface area contributed by atoms with Gasteiger partial charge in [0.05, 0.1) is 5.54 Å². The Kier molecular flexibility index (Phi) is 3.49. The van der Waals surface area contributed by atoms with Gasteiger partial charge in [-0.2, -0.15) is 0 Å². The monoisotopic (exact) mass is 276 g/mol. The fourth-order valence-electron chi connectivity index (χ4n) is 2.15. The number of hydrogen-bond donors (Lipinski definition) is 2. The summed E-state index contributed by atoms with van der Waals surface area (Å²) in [6.07, 6.45) is 2.15. The number of nitrogens with two attached hydrogens (primary N) is 1. The molecule has 0 bridgehead atoms. The van der Waals surface area contributed by atoms with Gasteiger partial charge in [-0.05, 0) is 12.8 Å². The summed E-state index contributed by atoms with van der Waals surface area (Å²) in [4.78, 5) is 11.8. The molecule has 1 aliphatic rings. The minimum absolute atomic E-state index is 0.0775. The first-order valence-electron chi connectivity index (χ1n) is 5.78. The molecule has 3 nitrogen and oxygen atoms in total. The van der Waals surface area contributed by atoms with E-state index in [2.05, 4.69) is 0 Å². The van der Waals surface area contributed by atoms with Crippen molar-refractivity contribution in [2.24, 2.45) is 5.73 Å². The number of carbonyl (C=O) groups excluding carboxylic acids is 1. The van der Waals surface area contributed by atoms with E-state index in [1.54, 1.807) is 0 Å². The van der Waals surface area contributed by atoms with Gasteiger partial charge in [-0.25, -0.2) is 17.6 Å². The highest BCUT2D eigenvalue weighted by molar-refractivity contribution is 5.98. The van der Waals surface area contributed by atoms with Crippen LogP contribution in [0, 0.1) is 23.3 Å². The number of amides is 1. The first-order chi connectivity index (χ1) is 8.85. The van der Waals surface area contributed by atoms with Crippen LogP contribution in [-0.2, 0) is 4.79 Å². The van der Waals surface area contributed by atoms with Crippen molar-refractivity contribution in [2.75, 3.05) is 5.32 Å². The van der Waals surface area contributed by atoms with Gasteiger partial charge in [-0.15, -0.1) is 0 Å². The van der Waals surface area contributed by atoms with Crippen molar-refractivity contribution in [3.8, 4) is 0 Å². The molecular formula is C12H12F4N2O. The lowest BCUT2D eigenvalue weighted by molar-refractivity contribution is -0.121. The molecule has 0 unspecified atom stereocenters. The Labute approximate surface area is 106 Å². The third-order valence-corrected chi connectivity index (χ3v) is 3.30. The van der Waals surface area contributed by atoms with Crippen molar-refractivity contribution in [3.05, 3.63) is 29.3 Å². The van der Waals surface area contributed by atoms with E-state index in [9.17, 15) is 22.4 Å². The number of rotatable bonds is 2. The maximum atomic E-state index is 13.4. The molecular weight excluding hydrogens is 264 g/mol. The third kappa shape index (κ3) is 2.42. The van der Waals surface area contributed by atoms with Crippen LogP contribution in [0.1, 0.15) is 25.7 Å². The van der Waals surface area contributed by atoms with Gasteiger partial charge in [0.15, 0.2) is 23.3 Å². The quantitative estimate of drug-likeness (QED) is 0.644. The molecule has 1 aliphatic carbocycles. The van der Waals surface area contributed by atoms with Crippen molar-refractivity contribution >= 4 is 11.6 Å². The minimum atomic E-state index is -1.64. The third-order valence-electron chi connectivity index (χ3n) is 3.30. The van der Waals surface area contributed by atoms with Crippen LogP contribution in [0.3, 0.4) is 0 Å². The molecule has 104 valence electrons. The van der Waals surface area contributed by atoms with Gasteiger partial charge in [0, 0.05) is 6.07 Å². The fourth-order valence-corrected chi connectivity index (χ4v) is 2.15. The zero-order valence-corrected chi connectivity index (χ0v) is 9.90. The summed E-state index contributed by atoms with van der Waals surface area (Å²) in [6, 6.07) is 0.0775. The predicted octanol–water partition coefficient (Wildman–Crippen LogP) is 2.45. The fraction of sp³-hybridized carbons (Fsp3) is 0.417. The van der Waals surface area contributed by atoms with Crippen LogP contribution < -0.4 is 11.1 Å². The average molecular weight is 276 g/mol. The summed E-state index contributed by atoms with van der Waals surface area (Å²) in [5, 5.41) is 1.85. The second kappa shape index (κ2) is 4.80. The number of nitrogens with one attached hydrogen (secondary N) is 1. The van der Waals surface area contributed by atoms with E-state index in [0.29, 0.717) is 25.7 Å². The van der Waals surface area contributed by atoms with Gasteiger partial charge in [0.2, 0.25) is 5.91 Å². The van der Waals surface area contributed by atoms with E-state index in [1.165, 1.54) is 0 Å². The molecule has 0 spiro atoms. The second-order valence-corrected chi connectivity index (χ2v) is 4.66. The van der Waals surface area contributed by atoms with E-state index in [-0.39, 0.29) is 6.07 Å². The normalized spacial score (nSPS) is 17.5. The van der Waals surface area contributed by atoms with E-state index >= 15 is 0 Å². The number of anilines is 1. The minimum Gasteiger partial charge on any atom is -0.319 e. The summed E-state index contributed by atoms with van der Waals surface area (Å²) in [6.45, 7) is 0. The molecule has 1 saturated carbocycles. The molecule has 1 amide bonds. The Bertz CT molecular complexity index is 501. The Morgan fingerprint density at radius 1 is 1.11 bits per heavy atom. The highest BCUT2D eigenvalue weighted by Gasteiger charge is 2.38. The van der Waals surface area contributed by atoms with E-state index in [0.717, 1.165) is 0 Å². The summed E-state index contributed by atoms with van der Waals surface area (Å²) < 4.78 is 52.7. The average Bonchev–Trinajstić information content (AvgIpc) is 2.80. The largest absolute Gasteiger partial charge is 0.319 e. The molecule has 3 N–H and O–H groups in total. The van der Waals surface area contributed by atoms with Gasteiger partial charge < -0.3 is 11.1 Å². The lowest BCUT2D eigenvalue weighted by Crippen LogP contribution is -2.49. The molecule has 2 rings (SSSR count). The maximum Gasteiger partial charge on any atom is 0.244 e. The number of carbonyl (C=O) groups is 1. The van der Waals surface area contributed by atoms with E-state index in [4.69, 9.17) is 5.73 Å². The summed E-state index contributed by atoms with van der Waals surface area (Å²) in [5.74, 6) is -7.28. The van der Waals surface area contributed by atoms with Crippen LogP contribution in [0.5, 0.6) is 0 Å². The van der Waals surface area contributed by atoms with Crippen molar-refractivity contribution in [1.29, 1.82) is 0 Å². The smallest absolute Gasteiger partial charge is 0.244 e. The van der Waals surface area contributed by atoms with Crippen molar-refractivity contribution in [2.45, 2.75) is 31.2 Å². The molecule has 1 fully saturated rings. The SMILES string of the molecule is NC1(C(=O)Nc2c(F)c(F)cc(F)c2F)CCCC1. The maximum absolute atomic E-state index is 13.4. The van der Waals surface area contributed by atoms with E-state index in [1.807, 2.05) is 5.32 Å². The molecule has 0 aromatic heterocycles. The Morgan fingerprint density at radius 2 is 1.58 bits per heavy atom. The van der Waals surface area contributed by atoms with E-state index < -0.39 is 40.4 Å². The molecule has 1 aromatic carbocycles. The predicted molar refractivity (Wildman–Crippen MR) is 60.3 cm³/mol. The van der Waals surface area contributed by atoms with Crippen LogP contribution in [-0.4, -0.2) is 11.4 Å². The lowest BCUT2D eigenvalue weighted by Gasteiger charge is -2.22. The van der Waals surface area contributed by atoms with Gasteiger partial charge >= 0.3 is 0 Å². The van der Waals surface area contributed by atoms with Crippen molar-refractivity contribution < 1.29 is 22.4 Å². The molecule has 0 aliphatic heterocycles. The van der Waals surface area contributed by atoms with Gasteiger partial charge in [-0.3, -0.25) is 4.79 Å². The van der Waals surface area contributed by atoms with Gasteiger partial charge in [-0.1, -0.05) is 12.8 Å². The summed E-state index contributed by atoms with van der Waals surface area (Å²) >= 11 is 0. The van der Waals surface area contributed by atoms with Crippen molar-refractivity contribution in [1.82, 2.24) is 0 Å². The number of benzene rings is 1. The Balaban J connectivity index is 2.31. The highest BCUT2D eigenvalue weighted by atomic mass is 19.2. The Hall–Kier alpha value is -1.63.